The lowest BCUT2D eigenvalue weighted by Crippen LogP contribution is -2.62. The van der Waals surface area contributed by atoms with Crippen LogP contribution in [0, 0.1) is 57.1 Å². The quantitative estimate of drug-likeness (QED) is 0.286. The molecule has 8 atom stereocenters. The number of carboxylic acid groups (broad SMARTS) is 1. The predicted octanol–water partition coefficient (Wildman–Crippen LogP) is 8.54. The molecule has 7 rings (SSSR count). The van der Waals surface area contributed by atoms with E-state index in [1.165, 1.54) is 87.2 Å². The van der Waals surface area contributed by atoms with Gasteiger partial charge in [-0.3, -0.25) is 4.79 Å². The van der Waals surface area contributed by atoms with E-state index in [0.717, 1.165) is 44.3 Å². The number of allylic oxidation sites excluding steroid dienone is 2. The number of carbonyl (C=O) groups excluding carboxylic acids is 1. The summed E-state index contributed by atoms with van der Waals surface area (Å²) in [5.41, 5.74) is 1.89. The molecule has 5 fully saturated rings. The zero-order valence-corrected chi connectivity index (χ0v) is 30.0. The van der Waals surface area contributed by atoms with Crippen LogP contribution >= 0.6 is 11.8 Å². The van der Waals surface area contributed by atoms with Gasteiger partial charge in [-0.2, -0.15) is 11.8 Å². The molecule has 1 aliphatic heterocycles. The summed E-state index contributed by atoms with van der Waals surface area (Å²) in [4.78, 5) is 28.1. The van der Waals surface area contributed by atoms with E-state index >= 15 is 0 Å². The van der Waals surface area contributed by atoms with Crippen molar-refractivity contribution in [3.8, 4) is 0 Å². The summed E-state index contributed by atoms with van der Waals surface area (Å²) in [5.74, 6) is 3.96. The van der Waals surface area contributed by atoms with Gasteiger partial charge in [0.05, 0.1) is 11.0 Å². The van der Waals surface area contributed by atoms with Gasteiger partial charge < -0.3 is 15.3 Å². The van der Waals surface area contributed by atoms with E-state index in [1.807, 2.05) is 0 Å². The van der Waals surface area contributed by atoms with E-state index in [0.29, 0.717) is 35.5 Å². The molecule has 258 valence electrons. The molecule has 1 aromatic carbocycles. The van der Waals surface area contributed by atoms with E-state index in [4.69, 9.17) is 0 Å². The largest absolute Gasteiger partial charge is 0.478 e. The molecule has 6 aliphatic rings. The third-order valence-corrected chi connectivity index (χ3v) is 16.0. The minimum atomic E-state index is -1.22. The molecule has 0 spiro atoms. The molecule has 1 saturated heterocycles. The summed E-state index contributed by atoms with van der Waals surface area (Å²) in [5, 5.41) is 12.8. The number of amides is 1. The second-order valence-corrected chi connectivity index (χ2v) is 18.5. The molecule has 5 nitrogen and oxygen atoms in total. The molecule has 8 unspecified atom stereocenters. The maximum absolute atomic E-state index is 14.8. The minimum absolute atomic E-state index is 0.138. The lowest BCUT2D eigenvalue weighted by atomic mass is 9.36. The van der Waals surface area contributed by atoms with E-state index < -0.39 is 11.8 Å². The average molecular weight is 665 g/mol. The van der Waals surface area contributed by atoms with Crippen molar-refractivity contribution in [1.82, 2.24) is 10.2 Å². The lowest BCUT2D eigenvalue weighted by Gasteiger charge is -2.68. The summed E-state index contributed by atoms with van der Waals surface area (Å²) >= 11 is 2.05. The summed E-state index contributed by atoms with van der Waals surface area (Å²) in [6.45, 7) is 14.2. The Hall–Kier alpha value is -1.86. The number of carbonyl (C=O) groups is 2. The van der Waals surface area contributed by atoms with Gasteiger partial charge in [0.25, 0.3) is 0 Å². The molecule has 4 saturated carbocycles. The van der Waals surface area contributed by atoms with Crippen LogP contribution in [0.2, 0.25) is 0 Å². The van der Waals surface area contributed by atoms with Crippen LogP contribution in [0.25, 0.3) is 5.57 Å². The minimum Gasteiger partial charge on any atom is -0.478 e. The number of thioether (sulfide) groups is 1. The summed E-state index contributed by atoms with van der Waals surface area (Å²) < 4.78 is 14.8. The molecule has 5 aliphatic carbocycles. The molecule has 0 bridgehead atoms. The molecular weight excluding hydrogens is 608 g/mol. The molecule has 0 radical (unpaired) electrons. The first-order chi connectivity index (χ1) is 22.4. The Morgan fingerprint density at radius 2 is 1.74 bits per heavy atom. The van der Waals surface area contributed by atoms with Gasteiger partial charge in [0, 0.05) is 31.1 Å². The third kappa shape index (κ3) is 5.43. The van der Waals surface area contributed by atoms with Crippen molar-refractivity contribution in [1.29, 1.82) is 0 Å². The van der Waals surface area contributed by atoms with Gasteiger partial charge in [0.1, 0.15) is 5.82 Å². The van der Waals surface area contributed by atoms with Gasteiger partial charge >= 0.3 is 5.97 Å². The first-order valence-electron chi connectivity index (χ1n) is 18.7. The number of nitrogens with zero attached hydrogens (tertiary/aromatic N) is 1. The Balaban J connectivity index is 1.07. The first-order valence-corrected chi connectivity index (χ1v) is 19.9. The number of hydrogen-bond acceptors (Lipinski definition) is 4. The number of fused-ring (bicyclic) bond motifs is 7. The molecule has 1 amide bonds. The zero-order chi connectivity index (χ0) is 33.2. The Kier molecular flexibility index (Phi) is 8.93. The maximum Gasteiger partial charge on any atom is 0.338 e. The molecule has 2 N–H and O–H groups in total. The predicted molar refractivity (Wildman–Crippen MR) is 189 cm³/mol. The molecule has 1 heterocycles. The highest BCUT2D eigenvalue weighted by atomic mass is 32.2. The number of rotatable bonds is 7. The maximum atomic E-state index is 14.8. The van der Waals surface area contributed by atoms with E-state index in [-0.39, 0.29) is 27.2 Å². The van der Waals surface area contributed by atoms with Crippen molar-refractivity contribution >= 4 is 29.2 Å². The molecule has 47 heavy (non-hydrogen) atoms. The van der Waals surface area contributed by atoms with E-state index in [9.17, 15) is 19.1 Å². The summed E-state index contributed by atoms with van der Waals surface area (Å²) in [6.07, 6.45) is 15.0. The monoisotopic (exact) mass is 664 g/mol. The van der Waals surface area contributed by atoms with Gasteiger partial charge in [0.2, 0.25) is 5.91 Å². The standard InChI is InChI=1S/C40H57FN2O3S/c1-37(2)29(26-8-9-28(35(44)45)32(41)25-26)12-16-39(4)33(37)14-17-38(3)30-13-18-40(15-5-7-31(40)27(30)10-11-34(38)39)36(46)42-19-6-20-43-21-23-47-24-22-43/h8-9,12,25,27,30-31,33-34H,5-7,10-11,13-24H2,1-4H3,(H,42,46)(H,44,45). The number of aromatic carboxylic acids is 1. The Morgan fingerprint density at radius 3 is 2.49 bits per heavy atom. The van der Waals surface area contributed by atoms with E-state index in [2.05, 4.69) is 55.7 Å². The van der Waals surface area contributed by atoms with Gasteiger partial charge in [-0.25, -0.2) is 9.18 Å². The number of benzene rings is 1. The number of halogens is 1. The SMILES string of the molecule is CC1(C)C(c2ccc(C(=O)O)c(F)c2)=CCC2(C)C1CCC1(C)C3CCC4(C(=O)NCCCN5CCSCC5)CCCC4C3CCC12. The fraction of sp³-hybridized carbons (Fsp3) is 0.750. The highest BCUT2D eigenvalue weighted by Gasteiger charge is 2.66. The fourth-order valence-corrected chi connectivity index (χ4v) is 14.0. The lowest BCUT2D eigenvalue weighted by molar-refractivity contribution is -0.181. The average Bonchev–Trinajstić information content (AvgIpc) is 3.49. The zero-order valence-electron chi connectivity index (χ0n) is 29.2. The van der Waals surface area contributed by atoms with Crippen molar-refractivity contribution in [3.63, 3.8) is 0 Å². The smallest absolute Gasteiger partial charge is 0.338 e. The van der Waals surface area contributed by atoms with Crippen LogP contribution in [0.4, 0.5) is 4.39 Å². The molecule has 1 aromatic rings. The van der Waals surface area contributed by atoms with Crippen LogP contribution in [-0.4, -0.2) is 59.6 Å². The number of hydrogen-bond donors (Lipinski definition) is 2. The Labute approximate surface area is 286 Å². The fourth-order valence-electron chi connectivity index (χ4n) is 13.1. The number of carboxylic acids is 1. The second-order valence-electron chi connectivity index (χ2n) is 17.3. The Morgan fingerprint density at radius 1 is 0.957 bits per heavy atom. The topological polar surface area (TPSA) is 69.6 Å². The number of nitrogens with one attached hydrogen (secondary N) is 1. The van der Waals surface area contributed by atoms with Gasteiger partial charge in [0.15, 0.2) is 0 Å². The van der Waals surface area contributed by atoms with Crippen LogP contribution in [0.5, 0.6) is 0 Å². The van der Waals surface area contributed by atoms with Gasteiger partial charge in [-0.1, -0.05) is 46.3 Å². The summed E-state index contributed by atoms with van der Waals surface area (Å²) in [7, 11) is 0. The van der Waals surface area contributed by atoms with Crippen molar-refractivity contribution in [2.24, 2.45) is 51.2 Å². The Bertz CT molecular complexity index is 1420. The van der Waals surface area contributed by atoms with Crippen molar-refractivity contribution in [2.45, 2.75) is 98.3 Å². The van der Waals surface area contributed by atoms with Crippen LogP contribution < -0.4 is 5.32 Å². The van der Waals surface area contributed by atoms with Crippen molar-refractivity contribution < 1.29 is 19.1 Å². The van der Waals surface area contributed by atoms with Gasteiger partial charge in [-0.05, 0) is 140 Å². The highest BCUT2D eigenvalue weighted by molar-refractivity contribution is 7.99. The molecule has 7 heteroatoms. The van der Waals surface area contributed by atoms with Crippen LogP contribution in [0.3, 0.4) is 0 Å². The van der Waals surface area contributed by atoms with Crippen molar-refractivity contribution in [3.05, 3.63) is 41.2 Å². The molecular formula is C40H57FN2O3S. The van der Waals surface area contributed by atoms with Crippen LogP contribution in [-0.2, 0) is 4.79 Å². The van der Waals surface area contributed by atoms with Crippen LogP contribution in [0.15, 0.2) is 24.3 Å². The van der Waals surface area contributed by atoms with Gasteiger partial charge in [-0.15, -0.1) is 0 Å². The molecule has 0 aromatic heterocycles. The van der Waals surface area contributed by atoms with E-state index in [1.54, 1.807) is 6.07 Å². The van der Waals surface area contributed by atoms with Crippen LogP contribution in [0.1, 0.15) is 114 Å². The third-order valence-electron chi connectivity index (χ3n) is 15.1. The first kappa shape index (κ1) is 33.6. The highest BCUT2D eigenvalue weighted by Crippen LogP contribution is 2.73. The second kappa shape index (κ2) is 12.5. The summed E-state index contributed by atoms with van der Waals surface area (Å²) in [6, 6.07) is 4.68. The normalized spacial score (nSPS) is 39.5. The van der Waals surface area contributed by atoms with Crippen molar-refractivity contribution in [2.75, 3.05) is 37.7 Å².